The van der Waals surface area contributed by atoms with Crippen LogP contribution in [-0.2, 0) is 6.42 Å². The Hall–Kier alpha value is -2.99. The van der Waals surface area contributed by atoms with E-state index in [9.17, 15) is 9.90 Å². The maximum Gasteiger partial charge on any atom is 0.251 e. The second-order valence-electron chi connectivity index (χ2n) is 5.81. The monoisotopic (exact) mass is 320 g/mol. The summed E-state index contributed by atoms with van der Waals surface area (Å²) in [5, 5.41) is 17.3. The fourth-order valence-corrected chi connectivity index (χ4v) is 3.10. The van der Waals surface area contributed by atoms with Crippen molar-refractivity contribution in [2.45, 2.75) is 18.6 Å². The number of nitrogens with zero attached hydrogens (tertiary/aromatic N) is 3. The van der Waals surface area contributed by atoms with Crippen molar-refractivity contribution in [3.63, 3.8) is 0 Å². The molecule has 1 aliphatic carbocycles. The summed E-state index contributed by atoms with van der Waals surface area (Å²) in [5.41, 5.74) is 3.32. The first-order valence-corrected chi connectivity index (χ1v) is 7.74. The quantitative estimate of drug-likeness (QED) is 0.769. The predicted octanol–water partition coefficient (Wildman–Crippen LogP) is 1.66. The van der Waals surface area contributed by atoms with E-state index in [1.807, 2.05) is 30.3 Å². The zero-order valence-corrected chi connectivity index (χ0v) is 12.8. The summed E-state index contributed by atoms with van der Waals surface area (Å²) in [5.74, 6) is -0.224. The molecule has 0 fully saturated rings. The molecule has 2 atom stereocenters. The number of hydrogen-bond donors (Lipinski definition) is 2. The van der Waals surface area contributed by atoms with Crippen LogP contribution in [0.1, 0.15) is 27.5 Å². The third kappa shape index (κ3) is 2.57. The molecule has 6 heteroatoms. The molecule has 3 aromatic rings. The largest absolute Gasteiger partial charge is 0.390 e. The molecule has 0 saturated heterocycles. The second-order valence-corrected chi connectivity index (χ2v) is 5.81. The van der Waals surface area contributed by atoms with Crippen molar-refractivity contribution in [1.29, 1.82) is 0 Å². The summed E-state index contributed by atoms with van der Waals surface area (Å²) in [6.45, 7) is 0. The highest BCUT2D eigenvalue weighted by Crippen LogP contribution is 2.31. The lowest BCUT2D eigenvalue weighted by Gasteiger charge is -2.18. The molecule has 0 spiro atoms. The van der Waals surface area contributed by atoms with E-state index >= 15 is 0 Å². The van der Waals surface area contributed by atoms with Gasteiger partial charge in [-0.1, -0.05) is 30.3 Å². The van der Waals surface area contributed by atoms with Crippen LogP contribution in [0.4, 0.5) is 0 Å². The van der Waals surface area contributed by atoms with E-state index in [1.54, 1.807) is 29.2 Å². The molecular weight excluding hydrogens is 304 g/mol. The molecule has 0 bridgehead atoms. The zero-order valence-electron chi connectivity index (χ0n) is 12.8. The van der Waals surface area contributed by atoms with Crippen molar-refractivity contribution in [2.24, 2.45) is 0 Å². The Balaban J connectivity index is 1.58. The fraction of sp³-hybridized carbons (Fsp3) is 0.167. The summed E-state index contributed by atoms with van der Waals surface area (Å²) < 4.78 is 1.59. The number of carbonyl (C=O) groups excluding carboxylic acids is 1. The fourth-order valence-electron chi connectivity index (χ4n) is 3.10. The number of carbonyl (C=O) groups is 1. The van der Waals surface area contributed by atoms with Gasteiger partial charge in [0, 0.05) is 12.0 Å². The number of hydrogen-bond acceptors (Lipinski definition) is 4. The molecule has 4 rings (SSSR count). The van der Waals surface area contributed by atoms with Crippen LogP contribution in [-0.4, -0.2) is 31.9 Å². The molecule has 2 unspecified atom stereocenters. The average molecular weight is 320 g/mol. The van der Waals surface area contributed by atoms with Crippen molar-refractivity contribution in [3.05, 3.63) is 77.9 Å². The van der Waals surface area contributed by atoms with Gasteiger partial charge in [-0.15, -0.1) is 0 Å². The van der Waals surface area contributed by atoms with Crippen molar-refractivity contribution in [3.8, 4) is 5.69 Å². The van der Waals surface area contributed by atoms with E-state index in [2.05, 4.69) is 15.4 Å². The Morgan fingerprint density at radius 2 is 2.08 bits per heavy atom. The van der Waals surface area contributed by atoms with E-state index in [0.29, 0.717) is 12.0 Å². The molecule has 6 nitrogen and oxygen atoms in total. The number of nitrogens with one attached hydrogen (secondary N) is 1. The topological polar surface area (TPSA) is 80.0 Å². The standard InChI is InChI=1S/C18H16N4O2/c23-16-9-12-4-1-2-7-15(12)17(16)21-18(24)13-5-3-6-14(8-13)22-11-19-10-20-22/h1-8,10-11,16-17,23H,9H2,(H,21,24). The molecule has 1 heterocycles. The van der Waals surface area contributed by atoms with Gasteiger partial charge in [-0.25, -0.2) is 9.67 Å². The maximum absolute atomic E-state index is 12.6. The van der Waals surface area contributed by atoms with Crippen molar-refractivity contribution < 1.29 is 9.90 Å². The number of rotatable bonds is 3. The van der Waals surface area contributed by atoms with E-state index in [4.69, 9.17) is 0 Å². The van der Waals surface area contributed by atoms with E-state index in [0.717, 1.165) is 16.8 Å². The summed E-state index contributed by atoms with van der Waals surface area (Å²) in [6, 6.07) is 14.5. The zero-order chi connectivity index (χ0) is 16.5. The lowest BCUT2D eigenvalue weighted by molar-refractivity contribution is 0.0858. The SMILES string of the molecule is O=C(NC1c2ccccc2CC1O)c1cccc(-n2cncn2)c1. The van der Waals surface area contributed by atoms with Gasteiger partial charge in [0.2, 0.25) is 0 Å². The predicted molar refractivity (Wildman–Crippen MR) is 87.7 cm³/mol. The van der Waals surface area contributed by atoms with Gasteiger partial charge in [-0.3, -0.25) is 4.79 Å². The van der Waals surface area contributed by atoms with Crippen molar-refractivity contribution in [2.75, 3.05) is 0 Å². The smallest absolute Gasteiger partial charge is 0.251 e. The first kappa shape index (κ1) is 14.6. The lowest BCUT2D eigenvalue weighted by atomic mass is 10.1. The molecule has 2 aromatic carbocycles. The van der Waals surface area contributed by atoms with E-state index < -0.39 is 6.10 Å². The molecule has 0 radical (unpaired) electrons. The number of benzene rings is 2. The van der Waals surface area contributed by atoms with Gasteiger partial charge in [0.25, 0.3) is 5.91 Å². The highest BCUT2D eigenvalue weighted by atomic mass is 16.3. The Morgan fingerprint density at radius 3 is 2.92 bits per heavy atom. The minimum absolute atomic E-state index is 0.224. The van der Waals surface area contributed by atoms with Gasteiger partial charge < -0.3 is 10.4 Å². The lowest BCUT2D eigenvalue weighted by Crippen LogP contribution is -2.33. The third-order valence-corrected chi connectivity index (χ3v) is 4.28. The summed E-state index contributed by atoms with van der Waals surface area (Å²) in [4.78, 5) is 16.5. The first-order chi connectivity index (χ1) is 11.7. The molecule has 0 saturated carbocycles. The summed E-state index contributed by atoms with van der Waals surface area (Å²) in [7, 11) is 0. The van der Waals surface area contributed by atoms with Gasteiger partial charge in [0.05, 0.1) is 17.8 Å². The van der Waals surface area contributed by atoms with Crippen LogP contribution in [0, 0.1) is 0 Å². The van der Waals surface area contributed by atoms with Crippen LogP contribution in [0.25, 0.3) is 5.69 Å². The molecule has 2 N–H and O–H groups in total. The summed E-state index contributed by atoms with van der Waals surface area (Å²) >= 11 is 0. The van der Waals surface area contributed by atoms with Crippen LogP contribution in [0.2, 0.25) is 0 Å². The van der Waals surface area contributed by atoms with Gasteiger partial charge >= 0.3 is 0 Å². The van der Waals surface area contributed by atoms with Crippen LogP contribution >= 0.6 is 0 Å². The minimum atomic E-state index is -0.607. The van der Waals surface area contributed by atoms with E-state index in [1.165, 1.54) is 6.33 Å². The number of aliphatic hydroxyl groups excluding tert-OH is 1. The third-order valence-electron chi connectivity index (χ3n) is 4.28. The van der Waals surface area contributed by atoms with Crippen molar-refractivity contribution in [1.82, 2.24) is 20.1 Å². The maximum atomic E-state index is 12.6. The van der Waals surface area contributed by atoms with Crippen LogP contribution in [0.5, 0.6) is 0 Å². The first-order valence-electron chi connectivity index (χ1n) is 7.74. The Morgan fingerprint density at radius 1 is 1.21 bits per heavy atom. The number of amides is 1. The molecular formula is C18H16N4O2. The van der Waals surface area contributed by atoms with Crippen LogP contribution in [0.3, 0.4) is 0 Å². The summed E-state index contributed by atoms with van der Waals surface area (Å²) in [6.07, 6.45) is 2.97. The number of aliphatic hydroxyl groups is 1. The number of aromatic nitrogens is 3. The number of fused-ring (bicyclic) bond motifs is 1. The highest BCUT2D eigenvalue weighted by molar-refractivity contribution is 5.95. The van der Waals surface area contributed by atoms with Crippen LogP contribution < -0.4 is 5.32 Å². The van der Waals surface area contributed by atoms with Crippen LogP contribution in [0.15, 0.2) is 61.2 Å². The molecule has 1 aliphatic rings. The Labute approximate surface area is 138 Å². The van der Waals surface area contributed by atoms with E-state index in [-0.39, 0.29) is 11.9 Å². The highest BCUT2D eigenvalue weighted by Gasteiger charge is 2.32. The molecule has 1 amide bonds. The molecule has 0 aliphatic heterocycles. The molecule has 120 valence electrons. The normalized spacial score (nSPS) is 19.0. The Kier molecular flexibility index (Phi) is 3.59. The van der Waals surface area contributed by atoms with Crippen molar-refractivity contribution >= 4 is 5.91 Å². The molecule has 24 heavy (non-hydrogen) atoms. The Bertz CT molecular complexity index is 876. The van der Waals surface area contributed by atoms with Gasteiger partial charge in [0.1, 0.15) is 12.7 Å². The second kappa shape index (κ2) is 5.90. The average Bonchev–Trinajstić information content (AvgIpc) is 3.24. The van der Waals surface area contributed by atoms with Gasteiger partial charge in [-0.05, 0) is 29.3 Å². The van der Waals surface area contributed by atoms with Gasteiger partial charge in [-0.2, -0.15) is 5.10 Å². The van der Waals surface area contributed by atoms with Gasteiger partial charge in [0.15, 0.2) is 0 Å². The molecule has 1 aromatic heterocycles. The minimum Gasteiger partial charge on any atom is -0.390 e.